The summed E-state index contributed by atoms with van der Waals surface area (Å²) in [5.74, 6) is 0.344. The largest absolute Gasteiger partial charge is 0.508 e. The van der Waals surface area contributed by atoms with Crippen molar-refractivity contribution in [3.63, 3.8) is 0 Å². The lowest BCUT2D eigenvalue weighted by atomic mass is 10.0. The quantitative estimate of drug-likeness (QED) is 0.496. The van der Waals surface area contributed by atoms with Crippen molar-refractivity contribution < 1.29 is 14.6 Å². The van der Waals surface area contributed by atoms with Crippen molar-refractivity contribution in [1.29, 1.82) is 0 Å². The molecule has 0 radical (unpaired) electrons. The number of esters is 1. The van der Waals surface area contributed by atoms with Crippen LogP contribution in [0.1, 0.15) is 56.6 Å². The van der Waals surface area contributed by atoms with Crippen LogP contribution in [0.5, 0.6) is 5.75 Å². The molecule has 0 spiro atoms. The fraction of sp³-hybridized carbons (Fsp3) is 0.526. The van der Waals surface area contributed by atoms with E-state index in [0.29, 0.717) is 18.8 Å². The highest BCUT2D eigenvalue weighted by molar-refractivity contribution is 7.17. The lowest BCUT2D eigenvalue weighted by Crippen LogP contribution is -2.03. The first-order valence-electron chi connectivity index (χ1n) is 8.47. The van der Waals surface area contributed by atoms with Gasteiger partial charge in [-0.1, -0.05) is 19.3 Å². The molecule has 0 saturated heterocycles. The summed E-state index contributed by atoms with van der Waals surface area (Å²) < 4.78 is 6.14. The predicted octanol–water partition coefficient (Wildman–Crippen LogP) is 5.36. The van der Waals surface area contributed by atoms with Gasteiger partial charge in [0.05, 0.1) is 6.61 Å². The van der Waals surface area contributed by atoms with Gasteiger partial charge in [0, 0.05) is 16.7 Å². The van der Waals surface area contributed by atoms with Crippen LogP contribution in [0, 0.1) is 6.92 Å². The molecular formula is C19H26O3S. The van der Waals surface area contributed by atoms with Crippen LogP contribution in [-0.4, -0.2) is 17.7 Å². The molecule has 4 heteroatoms. The molecule has 1 aromatic heterocycles. The zero-order valence-corrected chi connectivity index (χ0v) is 14.9. The third-order valence-electron chi connectivity index (χ3n) is 4.14. The summed E-state index contributed by atoms with van der Waals surface area (Å²) in [5, 5.41) is 13.6. The Morgan fingerprint density at radius 2 is 1.96 bits per heavy atom. The van der Waals surface area contributed by atoms with Gasteiger partial charge in [0.1, 0.15) is 5.75 Å². The van der Waals surface area contributed by atoms with E-state index in [-0.39, 0.29) is 5.97 Å². The summed E-state index contributed by atoms with van der Waals surface area (Å²) in [7, 11) is 0. The number of aromatic hydroxyl groups is 1. The Labute approximate surface area is 142 Å². The number of phenolic OH excluding ortho intramolecular Hbond substituents is 1. The summed E-state index contributed by atoms with van der Waals surface area (Å²) in [6.45, 7) is 4.35. The Kier molecular flexibility index (Phi) is 6.90. The Balaban J connectivity index is 1.73. The van der Waals surface area contributed by atoms with Gasteiger partial charge in [0.25, 0.3) is 0 Å². The minimum absolute atomic E-state index is 0.0860. The van der Waals surface area contributed by atoms with Gasteiger partial charge >= 0.3 is 5.97 Å². The van der Waals surface area contributed by atoms with Gasteiger partial charge in [-0.3, -0.25) is 4.79 Å². The number of carbonyl (C=O) groups is 1. The highest BCUT2D eigenvalue weighted by atomic mass is 32.1. The summed E-state index contributed by atoms with van der Waals surface area (Å²) in [6.07, 6.45) is 6.74. The van der Waals surface area contributed by atoms with Crippen molar-refractivity contribution in [2.24, 2.45) is 0 Å². The Bertz CT molecular complexity index is 645. The second-order valence-corrected chi connectivity index (χ2v) is 6.84. The SMILES string of the molecule is CCOC(=O)CCCCCCCc1c(O)cc(C)c2ccsc12. The van der Waals surface area contributed by atoms with E-state index in [4.69, 9.17) is 4.74 Å². The molecular weight excluding hydrogens is 308 g/mol. The summed E-state index contributed by atoms with van der Waals surface area (Å²) in [6, 6.07) is 4.01. The maximum atomic E-state index is 11.2. The number of hydrogen-bond acceptors (Lipinski definition) is 4. The molecule has 0 saturated carbocycles. The molecule has 0 aliphatic carbocycles. The fourth-order valence-electron chi connectivity index (χ4n) is 2.92. The Morgan fingerprint density at radius 1 is 1.22 bits per heavy atom. The molecule has 1 aromatic carbocycles. The molecule has 1 heterocycles. The van der Waals surface area contributed by atoms with Crippen LogP contribution in [0.25, 0.3) is 10.1 Å². The first kappa shape index (κ1) is 17.8. The molecule has 0 aliphatic heterocycles. The number of unbranched alkanes of at least 4 members (excludes halogenated alkanes) is 4. The van der Waals surface area contributed by atoms with Crippen molar-refractivity contribution in [2.45, 2.75) is 58.8 Å². The normalized spacial score (nSPS) is 11.0. The predicted molar refractivity (Wildman–Crippen MR) is 96.3 cm³/mol. The van der Waals surface area contributed by atoms with E-state index in [0.717, 1.165) is 49.7 Å². The van der Waals surface area contributed by atoms with E-state index in [9.17, 15) is 9.90 Å². The van der Waals surface area contributed by atoms with E-state index in [1.807, 2.05) is 19.9 Å². The molecule has 0 aliphatic rings. The standard InChI is InChI=1S/C19H26O3S/c1-3-22-18(21)10-8-6-4-5-7-9-16-17(20)13-14(2)15-11-12-23-19(15)16/h11-13,20H,3-10H2,1-2H3. The Morgan fingerprint density at radius 3 is 2.74 bits per heavy atom. The number of ether oxygens (including phenoxy) is 1. The van der Waals surface area contributed by atoms with Gasteiger partial charge in [0.15, 0.2) is 0 Å². The molecule has 2 aromatic rings. The van der Waals surface area contributed by atoms with Crippen LogP contribution in [-0.2, 0) is 16.0 Å². The van der Waals surface area contributed by atoms with Crippen molar-refractivity contribution in [3.05, 3.63) is 28.6 Å². The maximum absolute atomic E-state index is 11.2. The molecule has 126 valence electrons. The lowest BCUT2D eigenvalue weighted by Gasteiger charge is -2.08. The average molecular weight is 334 g/mol. The molecule has 0 atom stereocenters. The molecule has 3 nitrogen and oxygen atoms in total. The van der Waals surface area contributed by atoms with E-state index in [1.54, 1.807) is 11.3 Å². The molecule has 2 rings (SSSR count). The summed E-state index contributed by atoms with van der Waals surface area (Å²) >= 11 is 1.71. The number of benzene rings is 1. The van der Waals surface area contributed by atoms with Gasteiger partial charge in [-0.15, -0.1) is 11.3 Å². The maximum Gasteiger partial charge on any atom is 0.305 e. The number of phenols is 1. The fourth-order valence-corrected chi connectivity index (χ4v) is 3.96. The average Bonchev–Trinajstić information content (AvgIpc) is 2.99. The van der Waals surface area contributed by atoms with Gasteiger partial charge in [-0.25, -0.2) is 0 Å². The monoisotopic (exact) mass is 334 g/mol. The first-order valence-corrected chi connectivity index (χ1v) is 9.35. The lowest BCUT2D eigenvalue weighted by molar-refractivity contribution is -0.143. The van der Waals surface area contributed by atoms with Gasteiger partial charge in [-0.05, 0) is 61.6 Å². The minimum atomic E-state index is -0.0860. The van der Waals surface area contributed by atoms with Crippen molar-refractivity contribution in [3.8, 4) is 5.75 Å². The molecule has 0 unspecified atom stereocenters. The van der Waals surface area contributed by atoms with Crippen LogP contribution in [0.4, 0.5) is 0 Å². The number of thiophene rings is 1. The molecule has 0 bridgehead atoms. The van der Waals surface area contributed by atoms with E-state index < -0.39 is 0 Å². The smallest absolute Gasteiger partial charge is 0.305 e. The first-order chi connectivity index (χ1) is 11.1. The highest BCUT2D eigenvalue weighted by Gasteiger charge is 2.10. The number of fused-ring (bicyclic) bond motifs is 1. The van der Waals surface area contributed by atoms with Gasteiger partial charge < -0.3 is 9.84 Å². The second-order valence-electron chi connectivity index (χ2n) is 5.93. The summed E-state index contributed by atoms with van der Waals surface area (Å²) in [5.41, 5.74) is 2.23. The van der Waals surface area contributed by atoms with E-state index in [2.05, 4.69) is 11.4 Å². The molecule has 23 heavy (non-hydrogen) atoms. The highest BCUT2D eigenvalue weighted by Crippen LogP contribution is 2.35. The van der Waals surface area contributed by atoms with Crippen LogP contribution < -0.4 is 0 Å². The topological polar surface area (TPSA) is 46.5 Å². The second kappa shape index (κ2) is 8.92. The van der Waals surface area contributed by atoms with Crippen LogP contribution >= 0.6 is 11.3 Å². The molecule has 0 fully saturated rings. The number of carbonyl (C=O) groups excluding carboxylic acids is 1. The molecule has 0 amide bonds. The number of rotatable bonds is 9. The van der Waals surface area contributed by atoms with Crippen molar-refractivity contribution >= 4 is 27.4 Å². The van der Waals surface area contributed by atoms with Crippen molar-refractivity contribution in [1.82, 2.24) is 0 Å². The minimum Gasteiger partial charge on any atom is -0.508 e. The zero-order chi connectivity index (χ0) is 16.7. The summed E-state index contributed by atoms with van der Waals surface area (Å²) in [4.78, 5) is 11.2. The van der Waals surface area contributed by atoms with E-state index >= 15 is 0 Å². The third-order valence-corrected chi connectivity index (χ3v) is 5.11. The van der Waals surface area contributed by atoms with Gasteiger partial charge in [-0.2, -0.15) is 0 Å². The third kappa shape index (κ3) is 4.96. The number of hydrogen-bond donors (Lipinski definition) is 1. The van der Waals surface area contributed by atoms with Gasteiger partial charge in [0.2, 0.25) is 0 Å². The Hall–Kier alpha value is -1.55. The van der Waals surface area contributed by atoms with E-state index in [1.165, 1.54) is 10.1 Å². The zero-order valence-electron chi connectivity index (χ0n) is 14.1. The van der Waals surface area contributed by atoms with Crippen molar-refractivity contribution in [2.75, 3.05) is 6.61 Å². The van der Waals surface area contributed by atoms with Crippen LogP contribution in [0.2, 0.25) is 0 Å². The number of aryl methyl sites for hydroxylation is 2. The molecule has 1 N–H and O–H groups in total. The van der Waals surface area contributed by atoms with Crippen LogP contribution in [0.15, 0.2) is 17.5 Å². The van der Waals surface area contributed by atoms with Crippen LogP contribution in [0.3, 0.4) is 0 Å².